The van der Waals surface area contributed by atoms with Gasteiger partial charge in [0.2, 0.25) is 0 Å². The van der Waals surface area contributed by atoms with Crippen molar-refractivity contribution >= 4 is 17.8 Å². The molecule has 1 atom stereocenters. The Kier molecular flexibility index (Phi) is 7.61. The Balaban J connectivity index is 2.55. The number of ketones is 1. The van der Waals surface area contributed by atoms with Crippen LogP contribution in [0.3, 0.4) is 0 Å². The standard InChI is InChI=1S/C19H27NO5/c1-13(2)17(20-18(23)25-19(3,4)5)15(21)11-16(22)24-12-14-9-7-6-8-10-14/h6-10,13,17H,11-12H2,1-5H3,(H,20,23). The van der Waals surface area contributed by atoms with Crippen LogP contribution in [0.5, 0.6) is 0 Å². The molecule has 6 nitrogen and oxygen atoms in total. The van der Waals surface area contributed by atoms with Crippen LogP contribution in [0.2, 0.25) is 0 Å². The van der Waals surface area contributed by atoms with E-state index in [1.807, 2.05) is 30.3 Å². The van der Waals surface area contributed by atoms with Crippen LogP contribution in [0, 0.1) is 5.92 Å². The van der Waals surface area contributed by atoms with Crippen molar-refractivity contribution in [2.24, 2.45) is 5.92 Å². The number of hydrogen-bond acceptors (Lipinski definition) is 5. The lowest BCUT2D eigenvalue weighted by molar-refractivity contribution is -0.147. The fraction of sp³-hybridized carbons (Fsp3) is 0.526. The molecule has 0 saturated heterocycles. The van der Waals surface area contributed by atoms with Gasteiger partial charge in [-0.3, -0.25) is 9.59 Å². The van der Waals surface area contributed by atoms with Crippen LogP contribution in [0.1, 0.15) is 46.6 Å². The maximum Gasteiger partial charge on any atom is 0.408 e. The number of benzene rings is 1. The van der Waals surface area contributed by atoms with Gasteiger partial charge in [-0.15, -0.1) is 0 Å². The summed E-state index contributed by atoms with van der Waals surface area (Å²) < 4.78 is 10.3. The van der Waals surface area contributed by atoms with E-state index in [0.29, 0.717) is 0 Å². The highest BCUT2D eigenvalue weighted by atomic mass is 16.6. The van der Waals surface area contributed by atoms with Gasteiger partial charge in [0.15, 0.2) is 5.78 Å². The first-order chi connectivity index (χ1) is 11.6. The normalized spacial score (nSPS) is 12.4. The highest BCUT2D eigenvalue weighted by Gasteiger charge is 2.28. The van der Waals surface area contributed by atoms with Gasteiger partial charge in [-0.05, 0) is 32.3 Å². The Bertz CT molecular complexity index is 590. The first-order valence-corrected chi connectivity index (χ1v) is 8.30. The van der Waals surface area contributed by atoms with E-state index in [-0.39, 0.29) is 12.5 Å². The third-order valence-corrected chi connectivity index (χ3v) is 3.25. The maximum atomic E-state index is 12.3. The van der Waals surface area contributed by atoms with Crippen molar-refractivity contribution in [1.29, 1.82) is 0 Å². The van der Waals surface area contributed by atoms with Gasteiger partial charge in [-0.25, -0.2) is 4.79 Å². The molecular weight excluding hydrogens is 322 g/mol. The Morgan fingerprint density at radius 2 is 1.68 bits per heavy atom. The van der Waals surface area contributed by atoms with E-state index in [4.69, 9.17) is 9.47 Å². The molecule has 0 saturated carbocycles. The number of alkyl carbamates (subject to hydrolysis) is 1. The molecule has 1 amide bonds. The van der Waals surface area contributed by atoms with Crippen LogP contribution >= 0.6 is 0 Å². The van der Waals surface area contributed by atoms with Crippen LogP contribution in [0.4, 0.5) is 4.79 Å². The number of Topliss-reactive ketones (excluding diaryl/α,β-unsaturated/α-hetero) is 1. The van der Waals surface area contributed by atoms with Crippen LogP contribution in [-0.4, -0.2) is 29.5 Å². The highest BCUT2D eigenvalue weighted by molar-refractivity contribution is 5.99. The molecule has 0 heterocycles. The largest absolute Gasteiger partial charge is 0.460 e. The average Bonchev–Trinajstić information content (AvgIpc) is 2.49. The zero-order chi connectivity index (χ0) is 19.0. The third-order valence-electron chi connectivity index (χ3n) is 3.25. The number of carbonyl (C=O) groups excluding carboxylic acids is 3. The molecule has 0 aliphatic rings. The summed E-state index contributed by atoms with van der Waals surface area (Å²) in [5.74, 6) is -1.20. The number of rotatable bonds is 7. The molecule has 6 heteroatoms. The molecule has 0 aliphatic heterocycles. The first kappa shape index (κ1) is 20.7. The van der Waals surface area contributed by atoms with Crippen LogP contribution in [0.15, 0.2) is 30.3 Å². The minimum Gasteiger partial charge on any atom is -0.460 e. The van der Waals surface area contributed by atoms with E-state index < -0.39 is 35.9 Å². The van der Waals surface area contributed by atoms with Crippen molar-refractivity contribution in [3.63, 3.8) is 0 Å². The number of amides is 1. The molecule has 138 valence electrons. The molecule has 0 bridgehead atoms. The quantitative estimate of drug-likeness (QED) is 0.604. The zero-order valence-electron chi connectivity index (χ0n) is 15.5. The van der Waals surface area contributed by atoms with Gasteiger partial charge in [0.1, 0.15) is 18.6 Å². The summed E-state index contributed by atoms with van der Waals surface area (Å²) in [6.45, 7) is 8.89. The predicted octanol–water partition coefficient (Wildman–Crippen LogP) is 3.24. The zero-order valence-corrected chi connectivity index (χ0v) is 15.5. The molecule has 25 heavy (non-hydrogen) atoms. The molecule has 0 aliphatic carbocycles. The summed E-state index contributed by atoms with van der Waals surface area (Å²) in [7, 11) is 0. The van der Waals surface area contributed by atoms with E-state index in [1.54, 1.807) is 34.6 Å². The lowest BCUT2D eigenvalue weighted by atomic mass is 9.98. The van der Waals surface area contributed by atoms with Crippen molar-refractivity contribution in [3.8, 4) is 0 Å². The lowest BCUT2D eigenvalue weighted by Gasteiger charge is -2.24. The number of hydrogen-bond donors (Lipinski definition) is 1. The molecule has 1 rings (SSSR count). The van der Waals surface area contributed by atoms with Gasteiger partial charge in [-0.1, -0.05) is 44.2 Å². The van der Waals surface area contributed by atoms with E-state index >= 15 is 0 Å². The molecule has 1 aromatic rings. The van der Waals surface area contributed by atoms with E-state index in [1.165, 1.54) is 0 Å². The third kappa shape index (κ3) is 8.33. The van der Waals surface area contributed by atoms with Crippen molar-refractivity contribution < 1.29 is 23.9 Å². The minimum atomic E-state index is -0.806. The fourth-order valence-electron chi connectivity index (χ4n) is 2.09. The predicted molar refractivity (Wildman–Crippen MR) is 93.9 cm³/mol. The molecular formula is C19H27NO5. The summed E-state index contributed by atoms with van der Waals surface area (Å²) >= 11 is 0. The monoisotopic (exact) mass is 349 g/mol. The Morgan fingerprint density at radius 3 is 2.20 bits per heavy atom. The Morgan fingerprint density at radius 1 is 1.08 bits per heavy atom. The summed E-state index contributed by atoms with van der Waals surface area (Å²) in [6.07, 6.45) is -1.08. The molecule has 0 spiro atoms. The van der Waals surface area contributed by atoms with E-state index in [2.05, 4.69) is 5.32 Å². The van der Waals surface area contributed by atoms with Crippen molar-refractivity contribution in [3.05, 3.63) is 35.9 Å². The molecule has 1 aromatic carbocycles. The first-order valence-electron chi connectivity index (χ1n) is 8.30. The molecule has 1 unspecified atom stereocenters. The van der Waals surface area contributed by atoms with Crippen molar-refractivity contribution in [1.82, 2.24) is 5.32 Å². The summed E-state index contributed by atoms with van der Waals surface area (Å²) in [5, 5.41) is 2.53. The van der Waals surface area contributed by atoms with Gasteiger partial charge in [0.05, 0.1) is 6.04 Å². The topological polar surface area (TPSA) is 81.7 Å². The maximum absolute atomic E-state index is 12.3. The SMILES string of the molecule is CC(C)C(NC(=O)OC(C)(C)C)C(=O)CC(=O)OCc1ccccc1. The van der Waals surface area contributed by atoms with Crippen LogP contribution < -0.4 is 5.32 Å². The molecule has 0 fully saturated rings. The lowest BCUT2D eigenvalue weighted by Crippen LogP contribution is -2.47. The van der Waals surface area contributed by atoms with Gasteiger partial charge in [0, 0.05) is 0 Å². The number of esters is 1. The van der Waals surface area contributed by atoms with Crippen molar-refractivity contribution in [2.75, 3.05) is 0 Å². The number of nitrogens with one attached hydrogen (secondary N) is 1. The molecule has 0 radical (unpaired) electrons. The van der Waals surface area contributed by atoms with Crippen LogP contribution in [-0.2, 0) is 25.7 Å². The van der Waals surface area contributed by atoms with E-state index in [9.17, 15) is 14.4 Å². The van der Waals surface area contributed by atoms with Gasteiger partial charge >= 0.3 is 12.1 Å². The van der Waals surface area contributed by atoms with Crippen molar-refractivity contribution in [2.45, 2.75) is 59.3 Å². The minimum absolute atomic E-state index is 0.110. The van der Waals surface area contributed by atoms with Gasteiger partial charge in [-0.2, -0.15) is 0 Å². The van der Waals surface area contributed by atoms with Crippen LogP contribution in [0.25, 0.3) is 0 Å². The fourth-order valence-corrected chi connectivity index (χ4v) is 2.09. The van der Waals surface area contributed by atoms with Gasteiger partial charge < -0.3 is 14.8 Å². The second-order valence-corrected chi connectivity index (χ2v) is 7.16. The second kappa shape index (κ2) is 9.20. The summed E-state index contributed by atoms with van der Waals surface area (Å²) in [4.78, 5) is 36.1. The Labute approximate surface area is 148 Å². The number of ether oxygens (including phenoxy) is 2. The van der Waals surface area contributed by atoms with E-state index in [0.717, 1.165) is 5.56 Å². The second-order valence-electron chi connectivity index (χ2n) is 7.16. The summed E-state index contributed by atoms with van der Waals surface area (Å²) in [5.41, 5.74) is 0.180. The van der Waals surface area contributed by atoms with Gasteiger partial charge in [0.25, 0.3) is 0 Å². The average molecular weight is 349 g/mol. The Hall–Kier alpha value is -2.37. The molecule has 1 N–H and O–H groups in total. The highest BCUT2D eigenvalue weighted by Crippen LogP contribution is 2.11. The number of carbonyl (C=O) groups is 3. The smallest absolute Gasteiger partial charge is 0.408 e. The molecule has 0 aromatic heterocycles. The summed E-state index contributed by atoms with van der Waals surface area (Å²) in [6, 6.07) is 8.40.